The molecule has 21 heavy (non-hydrogen) atoms. The molecular formula is C17H18FNO2. The molecule has 0 spiro atoms. The van der Waals surface area contributed by atoms with Crippen molar-refractivity contribution in [3.8, 4) is 0 Å². The van der Waals surface area contributed by atoms with E-state index in [4.69, 9.17) is 0 Å². The molecule has 1 unspecified atom stereocenters. The SMILES string of the molecule is CCc1ccc(C(=O)NCC(O)c2ccc(F)cc2)cc1. The number of benzene rings is 2. The van der Waals surface area contributed by atoms with Gasteiger partial charge >= 0.3 is 0 Å². The highest BCUT2D eigenvalue weighted by atomic mass is 19.1. The van der Waals surface area contributed by atoms with Crippen molar-refractivity contribution in [2.75, 3.05) is 6.54 Å². The van der Waals surface area contributed by atoms with Gasteiger partial charge in [0.05, 0.1) is 6.10 Å². The lowest BCUT2D eigenvalue weighted by Crippen LogP contribution is -2.28. The Bertz CT molecular complexity index is 593. The van der Waals surface area contributed by atoms with Crippen molar-refractivity contribution in [3.05, 3.63) is 71.0 Å². The Morgan fingerprint density at radius 1 is 1.14 bits per heavy atom. The zero-order chi connectivity index (χ0) is 15.2. The lowest BCUT2D eigenvalue weighted by Gasteiger charge is -2.12. The average molecular weight is 287 g/mol. The van der Waals surface area contributed by atoms with Crippen LogP contribution in [0.1, 0.15) is 34.5 Å². The number of carbonyl (C=O) groups is 1. The van der Waals surface area contributed by atoms with Crippen LogP contribution in [0.4, 0.5) is 4.39 Å². The van der Waals surface area contributed by atoms with Crippen molar-refractivity contribution in [1.82, 2.24) is 5.32 Å². The standard InChI is InChI=1S/C17H18FNO2/c1-2-12-3-5-14(6-4-12)17(21)19-11-16(20)13-7-9-15(18)10-8-13/h3-10,16,20H,2,11H2,1H3,(H,19,21). The van der Waals surface area contributed by atoms with Crippen LogP contribution in [-0.2, 0) is 6.42 Å². The Kier molecular flexibility index (Phi) is 5.06. The Morgan fingerprint density at radius 2 is 1.76 bits per heavy atom. The zero-order valence-electron chi connectivity index (χ0n) is 11.8. The summed E-state index contributed by atoms with van der Waals surface area (Å²) in [6.07, 6.45) is 0.0648. The number of hydrogen-bond donors (Lipinski definition) is 2. The fourth-order valence-corrected chi connectivity index (χ4v) is 1.99. The monoisotopic (exact) mass is 287 g/mol. The molecular weight excluding hydrogens is 269 g/mol. The van der Waals surface area contributed by atoms with E-state index in [0.29, 0.717) is 11.1 Å². The van der Waals surface area contributed by atoms with Crippen LogP contribution in [-0.4, -0.2) is 17.6 Å². The van der Waals surface area contributed by atoms with Gasteiger partial charge in [-0.3, -0.25) is 4.79 Å². The Balaban J connectivity index is 1.92. The summed E-state index contributed by atoms with van der Waals surface area (Å²) in [6, 6.07) is 12.9. The van der Waals surface area contributed by atoms with E-state index in [1.165, 1.54) is 24.3 Å². The predicted molar refractivity (Wildman–Crippen MR) is 79.5 cm³/mol. The first kappa shape index (κ1) is 15.2. The molecule has 0 aliphatic carbocycles. The van der Waals surface area contributed by atoms with Crippen LogP contribution in [0.3, 0.4) is 0 Å². The molecule has 2 aromatic rings. The van der Waals surface area contributed by atoms with E-state index < -0.39 is 6.10 Å². The molecule has 0 radical (unpaired) electrons. The van der Waals surface area contributed by atoms with Gasteiger partial charge in [-0.25, -0.2) is 4.39 Å². The van der Waals surface area contributed by atoms with Gasteiger partial charge in [0.2, 0.25) is 0 Å². The van der Waals surface area contributed by atoms with E-state index in [0.717, 1.165) is 12.0 Å². The highest BCUT2D eigenvalue weighted by Crippen LogP contribution is 2.13. The Morgan fingerprint density at radius 3 is 2.33 bits per heavy atom. The second-order valence-electron chi connectivity index (χ2n) is 4.83. The minimum Gasteiger partial charge on any atom is -0.387 e. The van der Waals surface area contributed by atoms with Crippen molar-refractivity contribution in [3.63, 3.8) is 0 Å². The molecule has 4 heteroatoms. The largest absolute Gasteiger partial charge is 0.387 e. The van der Waals surface area contributed by atoms with E-state index >= 15 is 0 Å². The first-order valence-corrected chi connectivity index (χ1v) is 6.91. The predicted octanol–water partition coefficient (Wildman–Crippen LogP) is 2.85. The van der Waals surface area contributed by atoms with E-state index in [2.05, 4.69) is 5.32 Å². The maximum absolute atomic E-state index is 12.8. The van der Waals surface area contributed by atoms with E-state index in [1.807, 2.05) is 19.1 Å². The number of nitrogens with one attached hydrogen (secondary N) is 1. The summed E-state index contributed by atoms with van der Waals surface area (Å²) in [6.45, 7) is 2.13. The van der Waals surface area contributed by atoms with Crippen LogP contribution in [0.15, 0.2) is 48.5 Å². The summed E-state index contributed by atoms with van der Waals surface area (Å²) in [5.74, 6) is -0.593. The van der Waals surface area contributed by atoms with Crippen molar-refractivity contribution in [1.29, 1.82) is 0 Å². The molecule has 3 nitrogen and oxygen atoms in total. The fourth-order valence-electron chi connectivity index (χ4n) is 1.99. The van der Waals surface area contributed by atoms with E-state index in [-0.39, 0.29) is 18.3 Å². The van der Waals surface area contributed by atoms with Gasteiger partial charge in [-0.2, -0.15) is 0 Å². The molecule has 0 saturated heterocycles. The van der Waals surface area contributed by atoms with Gasteiger partial charge in [0.1, 0.15) is 5.82 Å². The minimum absolute atomic E-state index is 0.0833. The number of carbonyl (C=O) groups excluding carboxylic acids is 1. The van der Waals surface area contributed by atoms with Gasteiger partial charge in [0.25, 0.3) is 5.91 Å². The van der Waals surface area contributed by atoms with Crippen LogP contribution in [0.2, 0.25) is 0 Å². The van der Waals surface area contributed by atoms with Gasteiger partial charge in [-0.15, -0.1) is 0 Å². The third-order valence-corrected chi connectivity index (χ3v) is 3.34. The van der Waals surface area contributed by atoms with Gasteiger partial charge in [-0.1, -0.05) is 31.2 Å². The number of aliphatic hydroxyl groups excluding tert-OH is 1. The number of aliphatic hydroxyl groups is 1. The summed E-state index contributed by atoms with van der Waals surface area (Å²) >= 11 is 0. The van der Waals surface area contributed by atoms with Gasteiger partial charge in [-0.05, 0) is 41.8 Å². The average Bonchev–Trinajstić information content (AvgIpc) is 2.53. The van der Waals surface area contributed by atoms with Crippen molar-refractivity contribution >= 4 is 5.91 Å². The Labute approximate surface area is 123 Å². The highest BCUT2D eigenvalue weighted by molar-refractivity contribution is 5.94. The van der Waals surface area contributed by atoms with Crippen LogP contribution in [0.25, 0.3) is 0 Å². The number of halogens is 1. The third kappa shape index (κ3) is 4.13. The normalized spacial score (nSPS) is 12.0. The second-order valence-corrected chi connectivity index (χ2v) is 4.83. The first-order valence-electron chi connectivity index (χ1n) is 6.91. The molecule has 0 aliphatic heterocycles. The van der Waals surface area contributed by atoms with Crippen LogP contribution >= 0.6 is 0 Å². The molecule has 1 amide bonds. The number of amides is 1. The lowest BCUT2D eigenvalue weighted by molar-refractivity contribution is 0.0916. The summed E-state index contributed by atoms with van der Waals surface area (Å²) in [5.41, 5.74) is 2.29. The van der Waals surface area contributed by atoms with Crippen molar-refractivity contribution < 1.29 is 14.3 Å². The molecule has 0 heterocycles. The molecule has 1 atom stereocenters. The van der Waals surface area contributed by atoms with Gasteiger partial charge in [0.15, 0.2) is 0 Å². The minimum atomic E-state index is -0.857. The van der Waals surface area contributed by atoms with Crippen molar-refractivity contribution in [2.24, 2.45) is 0 Å². The summed E-state index contributed by atoms with van der Waals surface area (Å²) in [7, 11) is 0. The molecule has 2 N–H and O–H groups in total. The highest BCUT2D eigenvalue weighted by Gasteiger charge is 2.11. The van der Waals surface area contributed by atoms with Gasteiger partial charge in [0, 0.05) is 12.1 Å². The van der Waals surface area contributed by atoms with Crippen LogP contribution < -0.4 is 5.32 Å². The van der Waals surface area contributed by atoms with Crippen LogP contribution in [0.5, 0.6) is 0 Å². The number of aryl methyl sites for hydroxylation is 1. The quantitative estimate of drug-likeness (QED) is 0.888. The van der Waals surface area contributed by atoms with E-state index in [1.54, 1.807) is 12.1 Å². The summed E-state index contributed by atoms with van der Waals surface area (Å²) in [4.78, 5) is 12.0. The number of hydrogen-bond acceptors (Lipinski definition) is 2. The maximum atomic E-state index is 12.8. The lowest BCUT2D eigenvalue weighted by atomic mass is 10.1. The summed E-state index contributed by atoms with van der Waals surface area (Å²) in [5, 5.41) is 12.6. The van der Waals surface area contributed by atoms with Crippen LogP contribution in [0, 0.1) is 5.82 Å². The molecule has 0 saturated carbocycles. The smallest absolute Gasteiger partial charge is 0.251 e. The molecule has 0 aromatic heterocycles. The molecule has 110 valence electrons. The molecule has 0 bridgehead atoms. The van der Waals surface area contributed by atoms with Crippen molar-refractivity contribution in [2.45, 2.75) is 19.4 Å². The third-order valence-electron chi connectivity index (χ3n) is 3.34. The Hall–Kier alpha value is -2.20. The van der Waals surface area contributed by atoms with E-state index in [9.17, 15) is 14.3 Å². The topological polar surface area (TPSA) is 49.3 Å². The molecule has 2 rings (SSSR count). The second kappa shape index (κ2) is 6.99. The molecule has 0 fully saturated rings. The fraction of sp³-hybridized carbons (Fsp3) is 0.235. The summed E-state index contributed by atoms with van der Waals surface area (Å²) < 4.78 is 12.8. The zero-order valence-corrected chi connectivity index (χ0v) is 11.8. The van der Waals surface area contributed by atoms with Gasteiger partial charge < -0.3 is 10.4 Å². The maximum Gasteiger partial charge on any atom is 0.251 e. The first-order chi connectivity index (χ1) is 10.1. The number of rotatable bonds is 5. The molecule has 2 aromatic carbocycles. The molecule has 0 aliphatic rings.